The second-order valence-corrected chi connectivity index (χ2v) is 20.8. The van der Waals surface area contributed by atoms with Gasteiger partial charge in [-0.25, -0.2) is 4.79 Å². The van der Waals surface area contributed by atoms with Crippen LogP contribution in [-0.2, 0) is 37.3 Å². The zero-order valence-electron chi connectivity index (χ0n) is 31.8. The van der Waals surface area contributed by atoms with Crippen LogP contribution < -0.4 is 0 Å². The van der Waals surface area contributed by atoms with Gasteiger partial charge in [0.05, 0.1) is 43.6 Å². The second-order valence-electron chi connectivity index (χ2n) is 15.4. The summed E-state index contributed by atoms with van der Waals surface area (Å²) < 4.78 is 27.2. The second kappa shape index (κ2) is 16.3. The Morgan fingerprint density at radius 2 is 1.42 bits per heavy atom. The number of nitrogens with zero attached hydrogens (tertiary/aromatic N) is 1. The van der Waals surface area contributed by atoms with Crippen molar-refractivity contribution in [2.45, 2.75) is 89.3 Å². The summed E-state index contributed by atoms with van der Waals surface area (Å²) in [6, 6.07) is 28.6. The van der Waals surface area contributed by atoms with Gasteiger partial charge in [-0.3, -0.25) is 4.90 Å². The summed E-state index contributed by atoms with van der Waals surface area (Å²) in [6.45, 7) is 20.1. The Balaban J connectivity index is 1.57. The molecule has 0 spiro atoms. The average Bonchev–Trinajstić information content (AvgIpc) is 3.37. The highest BCUT2D eigenvalue weighted by Crippen LogP contribution is 2.54. The third kappa shape index (κ3) is 7.26. The van der Waals surface area contributed by atoms with Gasteiger partial charge in [0, 0.05) is 34.6 Å². The maximum Gasteiger partial charge on any atom is 0.410 e. The fourth-order valence-electron chi connectivity index (χ4n) is 9.06. The van der Waals surface area contributed by atoms with E-state index >= 15 is 0 Å². The van der Waals surface area contributed by atoms with E-state index in [0.717, 1.165) is 39.0 Å². The van der Waals surface area contributed by atoms with Crippen molar-refractivity contribution in [1.29, 1.82) is 0 Å². The lowest BCUT2D eigenvalue weighted by Crippen LogP contribution is -2.52. The number of H-pyrrole nitrogens is 1. The minimum absolute atomic E-state index is 0.147. The first-order valence-electron chi connectivity index (χ1n) is 18.9. The van der Waals surface area contributed by atoms with E-state index < -0.39 is 19.8 Å². The maximum atomic E-state index is 13.9. The molecule has 2 bridgehead atoms. The molecule has 7 nitrogen and oxygen atoms in total. The fourth-order valence-corrected chi connectivity index (χ4v) is 14.4. The standard InChI is InChI=1S/C44H56N2O5Si/c1-8-25-50-43(47)46-24-23-37-40(51-52(31(2)3,32(4)5)33(6)7)26-39(46)41-36-21-15-16-22-38(36)45-42(41)44(37,29-48-27-34-17-11-9-12-18-34)30-49-28-35-19-13-10-14-20-35/h8-22,26,31-33,37,39,45H,1,23-25,27-30H2,2-7H3/t37-,39?/m1/s1. The molecule has 52 heavy (non-hydrogen) atoms. The molecule has 0 saturated carbocycles. The Labute approximate surface area is 311 Å². The summed E-state index contributed by atoms with van der Waals surface area (Å²) in [4.78, 5) is 19.7. The molecule has 2 heterocycles. The number of fused-ring (bicyclic) bond motifs is 6. The summed E-state index contributed by atoms with van der Waals surface area (Å²) in [5, 5.41) is 1.07. The van der Waals surface area contributed by atoms with Gasteiger partial charge in [-0.2, -0.15) is 0 Å². The molecule has 1 amide bonds. The number of rotatable bonds is 15. The summed E-state index contributed by atoms with van der Waals surface area (Å²) in [6.07, 6.45) is 4.17. The molecular formula is C44H56N2O5Si. The van der Waals surface area contributed by atoms with Crippen molar-refractivity contribution in [3.05, 3.63) is 132 Å². The van der Waals surface area contributed by atoms with Crippen molar-refractivity contribution in [3.63, 3.8) is 0 Å². The van der Waals surface area contributed by atoms with E-state index in [9.17, 15) is 4.79 Å². The van der Waals surface area contributed by atoms with E-state index in [1.165, 1.54) is 0 Å². The van der Waals surface area contributed by atoms with Crippen molar-refractivity contribution < 1.29 is 23.4 Å². The van der Waals surface area contributed by atoms with Crippen LogP contribution in [0.2, 0.25) is 16.6 Å². The zero-order valence-corrected chi connectivity index (χ0v) is 32.8. The molecule has 0 fully saturated rings. The van der Waals surface area contributed by atoms with Gasteiger partial charge in [0.2, 0.25) is 0 Å². The van der Waals surface area contributed by atoms with Crippen LogP contribution in [0.25, 0.3) is 10.9 Å². The van der Waals surface area contributed by atoms with Crippen molar-refractivity contribution in [1.82, 2.24) is 9.88 Å². The molecular weight excluding hydrogens is 665 g/mol. The van der Waals surface area contributed by atoms with Crippen LogP contribution in [-0.4, -0.2) is 50.7 Å². The number of hydrogen-bond donors (Lipinski definition) is 1. The predicted molar refractivity (Wildman–Crippen MR) is 211 cm³/mol. The van der Waals surface area contributed by atoms with Crippen molar-refractivity contribution in [3.8, 4) is 0 Å². The largest absolute Gasteiger partial charge is 0.546 e. The van der Waals surface area contributed by atoms with Crippen LogP contribution in [0, 0.1) is 5.92 Å². The van der Waals surface area contributed by atoms with Gasteiger partial charge in [0.15, 0.2) is 0 Å². The quantitative estimate of drug-likeness (QED) is 0.0978. The van der Waals surface area contributed by atoms with Gasteiger partial charge in [-0.15, -0.1) is 0 Å². The number of nitrogens with one attached hydrogen (secondary N) is 1. The minimum Gasteiger partial charge on any atom is -0.546 e. The molecule has 1 aromatic heterocycles. The number of allylic oxidation sites excluding steroid dienone is 1. The van der Waals surface area contributed by atoms with E-state index in [-0.39, 0.29) is 18.6 Å². The molecule has 4 aromatic rings. The number of hydrogen-bond acceptors (Lipinski definition) is 5. The number of carbonyl (C=O) groups excluding carboxylic acids is 1. The molecule has 6 rings (SSSR count). The third-order valence-electron chi connectivity index (χ3n) is 11.4. The van der Waals surface area contributed by atoms with E-state index in [0.29, 0.717) is 56.0 Å². The molecule has 0 saturated heterocycles. The van der Waals surface area contributed by atoms with Gasteiger partial charge < -0.3 is 23.6 Å². The summed E-state index contributed by atoms with van der Waals surface area (Å²) >= 11 is 0. The van der Waals surface area contributed by atoms with Gasteiger partial charge in [0.1, 0.15) is 6.61 Å². The van der Waals surface area contributed by atoms with Crippen LogP contribution in [0.5, 0.6) is 0 Å². The van der Waals surface area contributed by atoms with Crippen molar-refractivity contribution in [2.24, 2.45) is 5.92 Å². The minimum atomic E-state index is -2.44. The van der Waals surface area contributed by atoms with Crippen molar-refractivity contribution >= 4 is 25.3 Å². The first-order chi connectivity index (χ1) is 25.1. The highest BCUT2D eigenvalue weighted by Gasteiger charge is 2.55. The molecule has 0 radical (unpaired) electrons. The first-order valence-corrected chi connectivity index (χ1v) is 21.1. The third-order valence-corrected chi connectivity index (χ3v) is 17.4. The Hall–Kier alpha value is -4.11. The van der Waals surface area contributed by atoms with Crippen LogP contribution in [0.1, 0.15) is 76.4 Å². The number of aromatic nitrogens is 1. The smallest absolute Gasteiger partial charge is 0.410 e. The number of benzene rings is 3. The van der Waals surface area contributed by atoms with E-state index in [2.05, 4.69) is 108 Å². The van der Waals surface area contributed by atoms with Crippen LogP contribution in [0.15, 0.2) is 109 Å². The fraction of sp³-hybridized carbons (Fsp3) is 0.432. The monoisotopic (exact) mass is 720 g/mol. The summed E-state index contributed by atoms with van der Waals surface area (Å²) in [7, 11) is -2.44. The highest BCUT2D eigenvalue weighted by atomic mass is 28.4. The molecule has 2 atom stereocenters. The van der Waals surface area contributed by atoms with E-state index in [4.69, 9.17) is 18.6 Å². The van der Waals surface area contributed by atoms with Crippen LogP contribution >= 0.6 is 0 Å². The molecule has 2 aliphatic rings. The molecule has 276 valence electrons. The molecule has 1 N–H and O–H groups in total. The van der Waals surface area contributed by atoms with E-state index in [1.807, 2.05) is 41.3 Å². The zero-order chi connectivity index (χ0) is 36.9. The first kappa shape index (κ1) is 37.6. The topological polar surface area (TPSA) is 73.0 Å². The SMILES string of the molecule is C=CCOC(=O)N1CC[C@@H]2C(O[Si](C(C)C)(C(C)C)C(C)C)=CC1c1c([nH]c3ccccc13)C2(COCc1ccccc1)COCc1ccccc1. The number of aromatic amines is 1. The van der Waals surface area contributed by atoms with Gasteiger partial charge >= 0.3 is 6.09 Å². The lowest BCUT2D eigenvalue weighted by atomic mass is 9.70. The number of ether oxygens (including phenoxy) is 3. The molecule has 1 aliphatic carbocycles. The molecule has 8 heteroatoms. The number of para-hydroxylation sites is 1. The Kier molecular flexibility index (Phi) is 11.8. The average molecular weight is 721 g/mol. The number of carbonyl (C=O) groups is 1. The lowest BCUT2D eigenvalue weighted by molar-refractivity contribution is -0.0245. The maximum absolute atomic E-state index is 13.9. The molecule has 1 aliphatic heterocycles. The lowest BCUT2D eigenvalue weighted by Gasteiger charge is -2.47. The summed E-state index contributed by atoms with van der Waals surface area (Å²) in [5.74, 6) is 0.795. The highest BCUT2D eigenvalue weighted by molar-refractivity contribution is 6.77. The Morgan fingerprint density at radius 1 is 0.865 bits per heavy atom. The molecule has 3 aromatic carbocycles. The van der Waals surface area contributed by atoms with Crippen LogP contribution in [0.4, 0.5) is 4.79 Å². The molecule has 1 unspecified atom stereocenters. The normalized spacial score (nSPS) is 18.3. The van der Waals surface area contributed by atoms with Crippen molar-refractivity contribution in [2.75, 3.05) is 26.4 Å². The predicted octanol–water partition coefficient (Wildman–Crippen LogP) is 10.6. The van der Waals surface area contributed by atoms with Crippen LogP contribution in [0.3, 0.4) is 0 Å². The Morgan fingerprint density at radius 3 is 1.98 bits per heavy atom. The van der Waals surface area contributed by atoms with E-state index in [1.54, 1.807) is 6.08 Å². The number of amides is 1. The summed E-state index contributed by atoms with van der Waals surface area (Å²) in [5.41, 5.74) is 5.75. The van der Waals surface area contributed by atoms with Gasteiger partial charge in [-0.05, 0) is 46.3 Å². The van der Waals surface area contributed by atoms with Gasteiger partial charge in [-0.1, -0.05) is 133 Å². The van der Waals surface area contributed by atoms with Gasteiger partial charge in [0.25, 0.3) is 8.32 Å². The Bertz CT molecular complexity index is 1770.